The van der Waals surface area contributed by atoms with Crippen LogP contribution in [0.4, 0.5) is 5.82 Å². The van der Waals surface area contributed by atoms with E-state index in [1.807, 2.05) is 6.07 Å². The quantitative estimate of drug-likeness (QED) is 0.925. The Morgan fingerprint density at radius 2 is 2.30 bits per heavy atom. The average Bonchev–Trinajstić information content (AvgIpc) is 3.01. The molecule has 7 nitrogen and oxygen atoms in total. The fraction of sp³-hybridized carbons (Fsp3) is 0.500. The minimum atomic E-state index is -0.205. The van der Waals surface area contributed by atoms with Crippen molar-refractivity contribution in [2.24, 2.45) is 0 Å². The molecule has 0 spiro atoms. The fourth-order valence-electron chi connectivity index (χ4n) is 2.83. The van der Waals surface area contributed by atoms with Gasteiger partial charge < -0.3 is 14.6 Å². The van der Waals surface area contributed by atoms with Gasteiger partial charge in [0.2, 0.25) is 5.76 Å². The molecule has 2 aromatic rings. The molecule has 122 valence electrons. The SMILES string of the molecule is CCc1cc(N2CCCC(NC(=O)c3ocnc3C)C2)ncn1. The van der Waals surface area contributed by atoms with E-state index in [2.05, 4.69) is 32.1 Å². The number of nitrogens with zero attached hydrogens (tertiary/aromatic N) is 4. The van der Waals surface area contributed by atoms with Crippen LogP contribution < -0.4 is 10.2 Å². The third-order valence-electron chi connectivity index (χ3n) is 4.10. The lowest BCUT2D eigenvalue weighted by atomic mass is 10.1. The van der Waals surface area contributed by atoms with Gasteiger partial charge in [-0.05, 0) is 26.2 Å². The van der Waals surface area contributed by atoms with Gasteiger partial charge in [0.15, 0.2) is 6.39 Å². The molecule has 3 rings (SSSR count). The predicted octanol–water partition coefficient (Wildman–Crippen LogP) is 1.73. The predicted molar refractivity (Wildman–Crippen MR) is 85.4 cm³/mol. The van der Waals surface area contributed by atoms with Crippen LogP contribution in [0.3, 0.4) is 0 Å². The summed E-state index contributed by atoms with van der Waals surface area (Å²) in [6.45, 7) is 5.51. The van der Waals surface area contributed by atoms with E-state index in [4.69, 9.17) is 4.42 Å². The number of rotatable bonds is 4. The second kappa shape index (κ2) is 6.76. The van der Waals surface area contributed by atoms with Crippen LogP contribution in [0.15, 0.2) is 23.2 Å². The minimum Gasteiger partial charge on any atom is -0.438 e. The molecule has 7 heteroatoms. The number of aryl methyl sites for hydroxylation is 2. The zero-order valence-electron chi connectivity index (χ0n) is 13.5. The van der Waals surface area contributed by atoms with E-state index >= 15 is 0 Å². The Bertz CT molecular complexity index is 685. The smallest absolute Gasteiger partial charge is 0.289 e. The Balaban J connectivity index is 1.66. The van der Waals surface area contributed by atoms with Crippen molar-refractivity contribution in [1.29, 1.82) is 0 Å². The van der Waals surface area contributed by atoms with Gasteiger partial charge in [0, 0.05) is 30.9 Å². The summed E-state index contributed by atoms with van der Waals surface area (Å²) in [6, 6.07) is 2.09. The number of nitrogens with one attached hydrogen (secondary N) is 1. The maximum Gasteiger partial charge on any atom is 0.289 e. The van der Waals surface area contributed by atoms with Crippen molar-refractivity contribution in [1.82, 2.24) is 20.3 Å². The van der Waals surface area contributed by atoms with Crippen LogP contribution >= 0.6 is 0 Å². The number of piperidine rings is 1. The van der Waals surface area contributed by atoms with Gasteiger partial charge in [0.05, 0.1) is 5.69 Å². The number of amides is 1. The van der Waals surface area contributed by atoms with Crippen LogP contribution in [-0.4, -0.2) is 40.0 Å². The number of anilines is 1. The normalized spacial score (nSPS) is 18.0. The molecule has 1 aliphatic rings. The minimum absolute atomic E-state index is 0.0702. The van der Waals surface area contributed by atoms with E-state index < -0.39 is 0 Å². The van der Waals surface area contributed by atoms with Crippen molar-refractivity contribution >= 4 is 11.7 Å². The van der Waals surface area contributed by atoms with Crippen molar-refractivity contribution < 1.29 is 9.21 Å². The molecule has 1 fully saturated rings. The molecule has 2 aromatic heterocycles. The topological polar surface area (TPSA) is 84.2 Å². The Morgan fingerprint density at radius 1 is 1.43 bits per heavy atom. The molecule has 1 atom stereocenters. The highest BCUT2D eigenvalue weighted by molar-refractivity contribution is 5.92. The molecule has 1 saturated heterocycles. The number of carbonyl (C=O) groups is 1. The van der Waals surface area contributed by atoms with Crippen molar-refractivity contribution in [3.8, 4) is 0 Å². The van der Waals surface area contributed by atoms with Gasteiger partial charge in [-0.15, -0.1) is 0 Å². The van der Waals surface area contributed by atoms with Gasteiger partial charge >= 0.3 is 0 Å². The molecule has 1 unspecified atom stereocenters. The molecular formula is C16H21N5O2. The average molecular weight is 315 g/mol. The first kappa shape index (κ1) is 15.5. The molecule has 0 aromatic carbocycles. The fourth-order valence-corrected chi connectivity index (χ4v) is 2.83. The molecule has 0 aliphatic carbocycles. The highest BCUT2D eigenvalue weighted by Gasteiger charge is 2.24. The first-order chi connectivity index (χ1) is 11.2. The van der Waals surface area contributed by atoms with Crippen LogP contribution in [0, 0.1) is 6.92 Å². The number of hydrogen-bond acceptors (Lipinski definition) is 6. The van der Waals surface area contributed by atoms with E-state index in [0.29, 0.717) is 5.69 Å². The maximum absolute atomic E-state index is 12.2. The van der Waals surface area contributed by atoms with Gasteiger partial charge in [-0.1, -0.05) is 6.92 Å². The zero-order valence-corrected chi connectivity index (χ0v) is 13.5. The van der Waals surface area contributed by atoms with E-state index in [9.17, 15) is 4.79 Å². The lowest BCUT2D eigenvalue weighted by Gasteiger charge is -2.33. The van der Waals surface area contributed by atoms with Crippen LogP contribution in [0.5, 0.6) is 0 Å². The molecule has 1 N–H and O–H groups in total. The Morgan fingerprint density at radius 3 is 3.04 bits per heavy atom. The summed E-state index contributed by atoms with van der Waals surface area (Å²) < 4.78 is 5.15. The van der Waals surface area contributed by atoms with E-state index in [-0.39, 0.29) is 17.7 Å². The van der Waals surface area contributed by atoms with Crippen molar-refractivity contribution in [3.05, 3.63) is 35.9 Å². The van der Waals surface area contributed by atoms with Gasteiger partial charge in [0.1, 0.15) is 12.1 Å². The maximum atomic E-state index is 12.2. The first-order valence-corrected chi connectivity index (χ1v) is 7.94. The van der Waals surface area contributed by atoms with Gasteiger partial charge in [-0.2, -0.15) is 0 Å². The Kier molecular flexibility index (Phi) is 4.55. The highest BCUT2D eigenvalue weighted by Crippen LogP contribution is 2.18. The Labute approximate surface area is 135 Å². The summed E-state index contributed by atoms with van der Waals surface area (Å²) in [5.74, 6) is 1.01. The van der Waals surface area contributed by atoms with Crippen molar-refractivity contribution in [2.45, 2.75) is 39.2 Å². The molecule has 0 radical (unpaired) electrons. The number of hydrogen-bond donors (Lipinski definition) is 1. The monoisotopic (exact) mass is 315 g/mol. The summed E-state index contributed by atoms with van der Waals surface area (Å²) >= 11 is 0. The van der Waals surface area contributed by atoms with Gasteiger partial charge in [-0.3, -0.25) is 4.79 Å². The number of carbonyl (C=O) groups excluding carboxylic acids is 1. The second-order valence-electron chi connectivity index (χ2n) is 5.75. The third-order valence-corrected chi connectivity index (χ3v) is 4.10. The van der Waals surface area contributed by atoms with Gasteiger partial charge in [0.25, 0.3) is 5.91 Å². The largest absolute Gasteiger partial charge is 0.438 e. The highest BCUT2D eigenvalue weighted by atomic mass is 16.3. The van der Waals surface area contributed by atoms with Crippen LogP contribution in [0.25, 0.3) is 0 Å². The standard InChI is InChI=1S/C16H21N5O2/c1-3-12-7-14(18-9-17-12)21-6-4-5-13(8-21)20-16(22)15-11(2)19-10-23-15/h7,9-10,13H,3-6,8H2,1-2H3,(H,20,22). The Hall–Kier alpha value is -2.44. The zero-order chi connectivity index (χ0) is 16.2. The third kappa shape index (κ3) is 3.49. The summed E-state index contributed by atoms with van der Waals surface area (Å²) in [7, 11) is 0. The molecular weight excluding hydrogens is 294 g/mol. The number of aromatic nitrogens is 3. The molecule has 3 heterocycles. The summed E-state index contributed by atoms with van der Waals surface area (Å²) in [5.41, 5.74) is 1.64. The van der Waals surface area contributed by atoms with Crippen molar-refractivity contribution in [2.75, 3.05) is 18.0 Å². The lowest BCUT2D eigenvalue weighted by molar-refractivity contribution is 0.0904. The lowest BCUT2D eigenvalue weighted by Crippen LogP contribution is -2.48. The summed E-state index contributed by atoms with van der Waals surface area (Å²) in [6.07, 6.45) is 5.74. The number of oxazole rings is 1. The van der Waals surface area contributed by atoms with Crippen molar-refractivity contribution in [3.63, 3.8) is 0 Å². The molecule has 0 saturated carbocycles. The summed E-state index contributed by atoms with van der Waals surface area (Å²) in [5, 5.41) is 3.03. The van der Waals surface area contributed by atoms with E-state index in [0.717, 1.165) is 43.9 Å². The molecule has 1 amide bonds. The van der Waals surface area contributed by atoms with E-state index in [1.165, 1.54) is 6.39 Å². The first-order valence-electron chi connectivity index (χ1n) is 7.94. The van der Waals surface area contributed by atoms with E-state index in [1.54, 1.807) is 13.3 Å². The van der Waals surface area contributed by atoms with Gasteiger partial charge in [-0.25, -0.2) is 15.0 Å². The molecule has 0 bridgehead atoms. The summed E-state index contributed by atoms with van der Waals surface area (Å²) in [4.78, 5) is 27.0. The van der Waals surface area contributed by atoms with Crippen LogP contribution in [0.2, 0.25) is 0 Å². The van der Waals surface area contributed by atoms with Crippen LogP contribution in [0.1, 0.15) is 41.7 Å². The molecule has 23 heavy (non-hydrogen) atoms. The van der Waals surface area contributed by atoms with Crippen LogP contribution in [-0.2, 0) is 6.42 Å². The molecule has 1 aliphatic heterocycles. The second-order valence-corrected chi connectivity index (χ2v) is 5.75.